The predicted octanol–water partition coefficient (Wildman–Crippen LogP) is 2.36. The summed E-state index contributed by atoms with van der Waals surface area (Å²) in [5.74, 6) is 0. The van der Waals surface area contributed by atoms with Crippen LogP contribution in [0.5, 0.6) is 0 Å². The molecule has 0 aromatic carbocycles. The summed E-state index contributed by atoms with van der Waals surface area (Å²) < 4.78 is 2.71. The number of halogens is 1. The fourth-order valence-corrected chi connectivity index (χ4v) is 1.94. The molecule has 2 nitrogen and oxygen atoms in total. The molecule has 0 spiro atoms. The maximum atomic E-state index is 5.73. The van der Waals surface area contributed by atoms with Crippen molar-refractivity contribution in [1.29, 1.82) is 0 Å². The molecule has 0 saturated heterocycles. The molecule has 0 aliphatic heterocycles. The van der Waals surface area contributed by atoms with E-state index in [1.54, 1.807) is 0 Å². The van der Waals surface area contributed by atoms with Gasteiger partial charge >= 0.3 is 0 Å². The molecular formula is C6H5ClN2S. The Kier molecular flexibility index (Phi) is 1.22. The zero-order valence-electron chi connectivity index (χ0n) is 5.34. The van der Waals surface area contributed by atoms with E-state index in [9.17, 15) is 0 Å². The van der Waals surface area contributed by atoms with Crippen molar-refractivity contribution < 1.29 is 0 Å². The third kappa shape index (κ3) is 0.822. The van der Waals surface area contributed by atoms with Crippen LogP contribution in [0.15, 0.2) is 12.4 Å². The van der Waals surface area contributed by atoms with E-state index < -0.39 is 0 Å². The minimum atomic E-state index is 0.780. The SMILES string of the molecule is Cc1cn2cc(Cl)sc2n1. The van der Waals surface area contributed by atoms with Gasteiger partial charge in [0.2, 0.25) is 0 Å². The Balaban J connectivity index is 2.83. The van der Waals surface area contributed by atoms with Crippen molar-refractivity contribution in [2.75, 3.05) is 0 Å². The van der Waals surface area contributed by atoms with Crippen molar-refractivity contribution in [2.45, 2.75) is 6.92 Å². The van der Waals surface area contributed by atoms with E-state index in [0.717, 1.165) is 15.0 Å². The zero-order chi connectivity index (χ0) is 7.14. The van der Waals surface area contributed by atoms with Gasteiger partial charge in [-0.05, 0) is 6.92 Å². The normalized spacial score (nSPS) is 11.0. The molecular weight excluding hydrogens is 168 g/mol. The van der Waals surface area contributed by atoms with Crippen LogP contribution < -0.4 is 0 Å². The summed E-state index contributed by atoms with van der Waals surface area (Å²) in [6.07, 6.45) is 3.82. The van der Waals surface area contributed by atoms with Crippen molar-refractivity contribution in [3.8, 4) is 0 Å². The van der Waals surface area contributed by atoms with Gasteiger partial charge in [0.05, 0.1) is 5.69 Å². The lowest BCUT2D eigenvalue weighted by Gasteiger charge is -1.73. The Morgan fingerprint density at radius 2 is 2.40 bits per heavy atom. The highest BCUT2D eigenvalue weighted by Gasteiger charge is 2.00. The fraction of sp³-hybridized carbons (Fsp3) is 0.167. The van der Waals surface area contributed by atoms with Crippen LogP contribution in [0.2, 0.25) is 4.34 Å². The van der Waals surface area contributed by atoms with Crippen LogP contribution in [0.1, 0.15) is 5.69 Å². The molecule has 0 amide bonds. The zero-order valence-corrected chi connectivity index (χ0v) is 6.91. The highest BCUT2D eigenvalue weighted by atomic mass is 35.5. The summed E-state index contributed by atoms with van der Waals surface area (Å²) >= 11 is 7.22. The maximum Gasteiger partial charge on any atom is 0.195 e. The predicted molar refractivity (Wildman–Crippen MR) is 42.8 cm³/mol. The van der Waals surface area contributed by atoms with Crippen LogP contribution in [0.4, 0.5) is 0 Å². The summed E-state index contributed by atoms with van der Waals surface area (Å²) in [5, 5.41) is 0. The first-order valence-electron chi connectivity index (χ1n) is 2.86. The number of imidazole rings is 1. The second-order valence-electron chi connectivity index (χ2n) is 2.11. The summed E-state index contributed by atoms with van der Waals surface area (Å²) in [7, 11) is 0. The molecule has 0 atom stereocenters. The van der Waals surface area contributed by atoms with Crippen molar-refractivity contribution in [2.24, 2.45) is 0 Å². The standard InChI is InChI=1S/C6H5ClN2S/c1-4-2-9-3-5(7)10-6(9)8-4/h2-3H,1H3. The third-order valence-corrected chi connectivity index (χ3v) is 2.36. The van der Waals surface area contributed by atoms with Gasteiger partial charge in [-0.3, -0.25) is 4.40 Å². The first-order chi connectivity index (χ1) is 4.75. The molecule has 2 rings (SSSR count). The van der Waals surface area contributed by atoms with Crippen LogP contribution in [0, 0.1) is 6.92 Å². The number of fused-ring (bicyclic) bond motifs is 1. The fourth-order valence-electron chi connectivity index (χ4n) is 0.885. The van der Waals surface area contributed by atoms with Gasteiger partial charge in [-0.15, -0.1) is 0 Å². The lowest BCUT2D eigenvalue weighted by Crippen LogP contribution is -1.67. The molecule has 0 aliphatic rings. The number of aryl methyl sites for hydroxylation is 1. The van der Waals surface area contributed by atoms with E-state index in [1.165, 1.54) is 11.3 Å². The number of hydrogen-bond donors (Lipinski definition) is 0. The second-order valence-corrected chi connectivity index (χ2v) is 3.75. The number of aromatic nitrogens is 2. The summed E-state index contributed by atoms with van der Waals surface area (Å²) in [4.78, 5) is 5.19. The molecule has 0 N–H and O–H groups in total. The molecule has 0 bridgehead atoms. The minimum Gasteiger partial charge on any atom is -0.296 e. The quantitative estimate of drug-likeness (QED) is 0.597. The summed E-state index contributed by atoms with van der Waals surface area (Å²) in [6, 6.07) is 0. The van der Waals surface area contributed by atoms with E-state index in [2.05, 4.69) is 4.98 Å². The first-order valence-corrected chi connectivity index (χ1v) is 4.06. The number of rotatable bonds is 0. The van der Waals surface area contributed by atoms with Crippen LogP contribution in [-0.2, 0) is 0 Å². The lowest BCUT2D eigenvalue weighted by atomic mass is 10.6. The van der Waals surface area contributed by atoms with Crippen LogP contribution >= 0.6 is 22.9 Å². The largest absolute Gasteiger partial charge is 0.296 e. The minimum absolute atomic E-state index is 0.780. The van der Waals surface area contributed by atoms with Gasteiger partial charge in [-0.1, -0.05) is 22.9 Å². The summed E-state index contributed by atoms with van der Waals surface area (Å²) in [5.41, 5.74) is 1.03. The molecule has 0 fully saturated rings. The van der Waals surface area contributed by atoms with E-state index >= 15 is 0 Å². The maximum absolute atomic E-state index is 5.73. The van der Waals surface area contributed by atoms with Crippen molar-refractivity contribution in [3.63, 3.8) is 0 Å². The average Bonchev–Trinajstić information content (AvgIpc) is 2.21. The smallest absolute Gasteiger partial charge is 0.195 e. The topological polar surface area (TPSA) is 17.3 Å². The van der Waals surface area contributed by atoms with E-state index in [-0.39, 0.29) is 0 Å². The Bertz CT molecular complexity index is 300. The molecule has 52 valence electrons. The van der Waals surface area contributed by atoms with Crippen molar-refractivity contribution in [1.82, 2.24) is 9.38 Å². The molecule has 2 aromatic heterocycles. The van der Waals surface area contributed by atoms with Gasteiger partial charge in [0.15, 0.2) is 4.96 Å². The van der Waals surface area contributed by atoms with E-state index in [1.807, 2.05) is 23.7 Å². The monoisotopic (exact) mass is 172 g/mol. The lowest BCUT2D eigenvalue weighted by molar-refractivity contribution is 1.22. The van der Waals surface area contributed by atoms with Gasteiger partial charge in [-0.2, -0.15) is 0 Å². The van der Waals surface area contributed by atoms with Gasteiger partial charge in [0.25, 0.3) is 0 Å². The molecule has 0 saturated carbocycles. The first kappa shape index (κ1) is 6.19. The summed E-state index contributed by atoms with van der Waals surface area (Å²) in [6.45, 7) is 1.97. The second kappa shape index (κ2) is 1.97. The molecule has 0 unspecified atom stereocenters. The molecule has 2 aromatic rings. The Hall–Kier alpha value is -0.540. The van der Waals surface area contributed by atoms with Gasteiger partial charge < -0.3 is 0 Å². The molecule has 4 heteroatoms. The van der Waals surface area contributed by atoms with Gasteiger partial charge in [-0.25, -0.2) is 4.98 Å². The third-order valence-electron chi connectivity index (χ3n) is 1.25. The molecule has 2 heterocycles. The van der Waals surface area contributed by atoms with E-state index in [4.69, 9.17) is 11.6 Å². The number of thiazole rings is 1. The number of nitrogens with zero attached hydrogens (tertiary/aromatic N) is 2. The Morgan fingerprint density at radius 1 is 1.60 bits per heavy atom. The highest BCUT2D eigenvalue weighted by molar-refractivity contribution is 7.20. The highest BCUT2D eigenvalue weighted by Crippen LogP contribution is 2.21. The van der Waals surface area contributed by atoms with Crippen molar-refractivity contribution >= 4 is 27.9 Å². The van der Waals surface area contributed by atoms with Crippen LogP contribution in [-0.4, -0.2) is 9.38 Å². The Morgan fingerprint density at radius 3 is 3.10 bits per heavy atom. The molecule has 0 aliphatic carbocycles. The molecule has 0 radical (unpaired) electrons. The van der Waals surface area contributed by atoms with E-state index in [0.29, 0.717) is 0 Å². The average molecular weight is 173 g/mol. The Labute approximate surface area is 67.1 Å². The van der Waals surface area contributed by atoms with Crippen LogP contribution in [0.25, 0.3) is 4.96 Å². The van der Waals surface area contributed by atoms with Gasteiger partial charge in [0.1, 0.15) is 4.34 Å². The molecule has 10 heavy (non-hydrogen) atoms. The van der Waals surface area contributed by atoms with Crippen molar-refractivity contribution in [3.05, 3.63) is 22.4 Å². The number of hydrogen-bond acceptors (Lipinski definition) is 2. The van der Waals surface area contributed by atoms with Gasteiger partial charge in [0, 0.05) is 12.4 Å². The van der Waals surface area contributed by atoms with Crippen LogP contribution in [0.3, 0.4) is 0 Å².